The van der Waals surface area contributed by atoms with Gasteiger partial charge in [-0.15, -0.1) is 0 Å². The van der Waals surface area contributed by atoms with Crippen LogP contribution in [0.3, 0.4) is 0 Å². The van der Waals surface area contributed by atoms with Gasteiger partial charge in [0.25, 0.3) is 5.91 Å². The van der Waals surface area contributed by atoms with Gasteiger partial charge in [0.15, 0.2) is 0 Å². The lowest BCUT2D eigenvalue weighted by molar-refractivity contribution is -0.165. The van der Waals surface area contributed by atoms with Crippen molar-refractivity contribution in [2.24, 2.45) is 5.41 Å². The van der Waals surface area contributed by atoms with Gasteiger partial charge >= 0.3 is 12.1 Å². The van der Waals surface area contributed by atoms with Crippen LogP contribution in [0.4, 0.5) is 10.5 Å². The molecular formula is C29H30N2O6. The molecule has 0 atom stereocenters. The standard InChI is InChI=1S/C29H30N2O6/c1-29(2,3)27(33)37-31-26(32)16-18-13-14-24(25(15-18)35-4)30-28(34)36-17-23-21-11-7-5-9-19(21)20-10-6-8-12-22(20)23/h5-15,23H,16-17H2,1-4H3,(H,30,34)(H,31,32). The maximum absolute atomic E-state index is 12.7. The average Bonchev–Trinajstić information content (AvgIpc) is 3.20. The number of fused-ring (bicyclic) bond motifs is 3. The lowest BCUT2D eigenvalue weighted by atomic mass is 9.98. The molecule has 0 spiro atoms. The number of methoxy groups -OCH3 is 1. The molecule has 2 amide bonds. The first-order chi connectivity index (χ1) is 17.7. The van der Waals surface area contributed by atoms with Crippen LogP contribution in [0.5, 0.6) is 5.75 Å². The Morgan fingerprint density at radius 3 is 2.11 bits per heavy atom. The minimum absolute atomic E-state index is 0.0427. The Balaban J connectivity index is 1.36. The van der Waals surface area contributed by atoms with Gasteiger partial charge in [0, 0.05) is 5.92 Å². The van der Waals surface area contributed by atoms with Gasteiger partial charge in [-0.05, 0) is 60.7 Å². The van der Waals surface area contributed by atoms with E-state index >= 15 is 0 Å². The first-order valence-corrected chi connectivity index (χ1v) is 12.0. The summed E-state index contributed by atoms with van der Waals surface area (Å²) in [4.78, 5) is 41.5. The van der Waals surface area contributed by atoms with E-state index in [1.807, 2.05) is 24.3 Å². The second kappa shape index (κ2) is 10.7. The second-order valence-corrected chi connectivity index (χ2v) is 9.83. The molecule has 1 aliphatic carbocycles. The third-order valence-electron chi connectivity index (χ3n) is 6.08. The molecular weight excluding hydrogens is 472 g/mol. The lowest BCUT2D eigenvalue weighted by Gasteiger charge is -2.16. The molecule has 0 radical (unpaired) electrons. The minimum atomic E-state index is -0.733. The summed E-state index contributed by atoms with van der Waals surface area (Å²) in [7, 11) is 1.47. The quantitative estimate of drug-likeness (QED) is 0.448. The Morgan fingerprint density at radius 1 is 0.892 bits per heavy atom. The molecule has 0 saturated heterocycles. The number of rotatable bonds is 6. The molecule has 0 fully saturated rings. The normalized spacial score (nSPS) is 12.2. The Kier molecular flexibility index (Phi) is 7.47. The summed E-state index contributed by atoms with van der Waals surface area (Å²) in [5.74, 6) is -0.711. The third-order valence-corrected chi connectivity index (χ3v) is 6.08. The molecule has 1 aliphatic rings. The molecule has 0 heterocycles. The summed E-state index contributed by atoms with van der Waals surface area (Å²) >= 11 is 0. The Labute approximate surface area is 215 Å². The van der Waals surface area contributed by atoms with Gasteiger partial charge in [-0.3, -0.25) is 10.1 Å². The Morgan fingerprint density at radius 2 is 1.51 bits per heavy atom. The molecule has 3 aromatic carbocycles. The number of benzene rings is 3. The summed E-state index contributed by atoms with van der Waals surface area (Å²) in [6.45, 7) is 5.26. The number of nitrogens with one attached hydrogen (secondary N) is 2. The molecule has 2 N–H and O–H groups in total. The summed E-state index contributed by atoms with van der Waals surface area (Å²) in [6, 6.07) is 21.2. The van der Waals surface area contributed by atoms with Gasteiger partial charge in [-0.25, -0.2) is 9.59 Å². The first-order valence-electron chi connectivity index (χ1n) is 12.0. The van der Waals surface area contributed by atoms with E-state index in [2.05, 4.69) is 35.1 Å². The summed E-state index contributed by atoms with van der Waals surface area (Å²) < 4.78 is 11.0. The third kappa shape index (κ3) is 5.91. The average molecular weight is 503 g/mol. The van der Waals surface area contributed by atoms with E-state index < -0.39 is 23.4 Å². The molecule has 0 aliphatic heterocycles. The van der Waals surface area contributed by atoms with E-state index in [4.69, 9.17) is 14.3 Å². The van der Waals surface area contributed by atoms with Crippen LogP contribution in [0.15, 0.2) is 66.7 Å². The summed E-state index contributed by atoms with van der Waals surface area (Å²) in [5.41, 5.74) is 7.01. The highest BCUT2D eigenvalue weighted by atomic mass is 16.7. The monoisotopic (exact) mass is 502 g/mol. The zero-order valence-electron chi connectivity index (χ0n) is 21.3. The molecule has 4 rings (SSSR count). The molecule has 0 unspecified atom stereocenters. The number of ether oxygens (including phenoxy) is 2. The summed E-state index contributed by atoms with van der Waals surface area (Å²) in [6.07, 6.45) is -0.654. The first kappa shape index (κ1) is 25.8. The summed E-state index contributed by atoms with van der Waals surface area (Å²) in [5, 5.41) is 2.71. The van der Waals surface area contributed by atoms with Crippen LogP contribution in [0.2, 0.25) is 0 Å². The molecule has 8 heteroatoms. The predicted molar refractivity (Wildman–Crippen MR) is 139 cm³/mol. The van der Waals surface area contributed by atoms with E-state index in [1.165, 1.54) is 7.11 Å². The van der Waals surface area contributed by atoms with Gasteiger partial charge in [0.2, 0.25) is 0 Å². The van der Waals surface area contributed by atoms with Crippen LogP contribution in [0.1, 0.15) is 43.4 Å². The van der Waals surface area contributed by atoms with Crippen molar-refractivity contribution in [2.75, 3.05) is 19.0 Å². The van der Waals surface area contributed by atoms with Crippen molar-refractivity contribution in [2.45, 2.75) is 33.1 Å². The van der Waals surface area contributed by atoms with Gasteiger partial charge in [-0.2, -0.15) is 5.48 Å². The highest BCUT2D eigenvalue weighted by Gasteiger charge is 2.29. The van der Waals surface area contributed by atoms with E-state index in [-0.39, 0.29) is 18.9 Å². The number of carbonyl (C=O) groups excluding carboxylic acids is 3. The van der Waals surface area contributed by atoms with Crippen molar-refractivity contribution in [1.29, 1.82) is 0 Å². The number of hydroxylamine groups is 1. The smallest absolute Gasteiger partial charge is 0.411 e. The zero-order valence-corrected chi connectivity index (χ0v) is 21.3. The highest BCUT2D eigenvalue weighted by Crippen LogP contribution is 2.44. The second-order valence-electron chi connectivity index (χ2n) is 9.83. The fraction of sp³-hybridized carbons (Fsp3) is 0.276. The molecule has 3 aromatic rings. The number of hydrogen-bond acceptors (Lipinski definition) is 6. The maximum Gasteiger partial charge on any atom is 0.411 e. The number of amides is 2. The fourth-order valence-electron chi connectivity index (χ4n) is 4.17. The Hall–Kier alpha value is -4.33. The molecule has 0 saturated carbocycles. The predicted octanol–water partition coefficient (Wildman–Crippen LogP) is 5.22. The largest absolute Gasteiger partial charge is 0.495 e. The van der Waals surface area contributed by atoms with Crippen LogP contribution in [0, 0.1) is 5.41 Å². The van der Waals surface area contributed by atoms with E-state index in [0.29, 0.717) is 17.0 Å². The Bertz CT molecular complexity index is 1280. The van der Waals surface area contributed by atoms with Crippen molar-refractivity contribution in [1.82, 2.24) is 5.48 Å². The fourth-order valence-corrected chi connectivity index (χ4v) is 4.17. The number of carbonyl (C=O) groups is 3. The van der Waals surface area contributed by atoms with Gasteiger partial charge in [-0.1, -0.05) is 54.6 Å². The van der Waals surface area contributed by atoms with Gasteiger partial charge in [0.1, 0.15) is 12.4 Å². The number of hydrogen-bond donors (Lipinski definition) is 2. The highest BCUT2D eigenvalue weighted by molar-refractivity contribution is 5.88. The van der Waals surface area contributed by atoms with Crippen LogP contribution in [0.25, 0.3) is 11.1 Å². The van der Waals surface area contributed by atoms with Crippen LogP contribution >= 0.6 is 0 Å². The van der Waals surface area contributed by atoms with Crippen LogP contribution < -0.4 is 15.5 Å². The van der Waals surface area contributed by atoms with Gasteiger partial charge in [0.05, 0.1) is 24.6 Å². The van der Waals surface area contributed by atoms with E-state index in [9.17, 15) is 14.4 Å². The molecule has 37 heavy (non-hydrogen) atoms. The van der Waals surface area contributed by atoms with Gasteiger partial charge < -0.3 is 14.3 Å². The molecule has 192 valence electrons. The van der Waals surface area contributed by atoms with E-state index in [1.54, 1.807) is 39.0 Å². The van der Waals surface area contributed by atoms with E-state index in [0.717, 1.165) is 22.3 Å². The van der Waals surface area contributed by atoms with Crippen LogP contribution in [-0.2, 0) is 25.6 Å². The van der Waals surface area contributed by atoms with Crippen molar-refractivity contribution >= 4 is 23.7 Å². The molecule has 0 bridgehead atoms. The van der Waals surface area contributed by atoms with Crippen molar-refractivity contribution in [3.8, 4) is 16.9 Å². The lowest BCUT2D eigenvalue weighted by Crippen LogP contribution is -2.34. The number of anilines is 1. The minimum Gasteiger partial charge on any atom is -0.495 e. The zero-order chi connectivity index (χ0) is 26.6. The van der Waals surface area contributed by atoms with Crippen molar-refractivity contribution in [3.63, 3.8) is 0 Å². The topological polar surface area (TPSA) is 103 Å². The maximum atomic E-state index is 12.7. The van der Waals surface area contributed by atoms with Crippen molar-refractivity contribution < 1.29 is 28.7 Å². The molecule has 0 aromatic heterocycles. The van der Waals surface area contributed by atoms with Crippen molar-refractivity contribution in [3.05, 3.63) is 83.4 Å². The SMILES string of the molecule is COc1cc(CC(=O)NOC(=O)C(C)(C)C)ccc1NC(=O)OCC1c2ccccc2-c2ccccc21. The van der Waals surface area contributed by atoms with Crippen LogP contribution in [-0.4, -0.2) is 31.7 Å². The molecule has 8 nitrogen and oxygen atoms in total.